The third kappa shape index (κ3) is 5.81. The van der Waals surface area contributed by atoms with Crippen LogP contribution in [0.2, 0.25) is 0 Å². The Kier molecular flexibility index (Phi) is 8.29. The second kappa shape index (κ2) is 14.4. The van der Waals surface area contributed by atoms with Gasteiger partial charge in [0.15, 0.2) is 0 Å². The van der Waals surface area contributed by atoms with E-state index in [0.29, 0.717) is 0 Å². The molecule has 306 valence electrons. The third-order valence-corrected chi connectivity index (χ3v) is 14.1. The van der Waals surface area contributed by atoms with E-state index in [4.69, 9.17) is 4.42 Å². The van der Waals surface area contributed by atoms with Crippen molar-refractivity contribution in [2.45, 2.75) is 19.3 Å². The first-order valence-electron chi connectivity index (χ1n) is 22.6. The first-order chi connectivity index (χ1) is 32.0. The number of anilines is 3. The van der Waals surface area contributed by atoms with E-state index in [-0.39, 0.29) is 5.41 Å². The highest BCUT2D eigenvalue weighted by Crippen LogP contribution is 2.52. The summed E-state index contributed by atoms with van der Waals surface area (Å²) in [6, 6.07) is 82.2. The van der Waals surface area contributed by atoms with Crippen LogP contribution in [0.25, 0.3) is 98.8 Å². The quantitative estimate of drug-likeness (QED) is 0.155. The zero-order chi connectivity index (χ0) is 43.2. The van der Waals surface area contributed by atoms with E-state index in [0.717, 1.165) is 39.2 Å². The highest BCUT2D eigenvalue weighted by Gasteiger charge is 2.36. The Bertz CT molecular complexity index is 3860. The first kappa shape index (κ1) is 37.4. The van der Waals surface area contributed by atoms with Crippen LogP contribution in [-0.2, 0) is 5.41 Å². The molecule has 0 bridgehead atoms. The van der Waals surface area contributed by atoms with Gasteiger partial charge < -0.3 is 9.32 Å². The summed E-state index contributed by atoms with van der Waals surface area (Å²) >= 11 is 0. The maximum atomic E-state index is 6.43. The van der Waals surface area contributed by atoms with E-state index < -0.39 is 0 Å². The summed E-state index contributed by atoms with van der Waals surface area (Å²) in [6.07, 6.45) is 0. The second-order valence-electron chi connectivity index (χ2n) is 18.0. The molecule has 0 N–H and O–H groups in total. The minimum Gasteiger partial charge on any atom is -0.456 e. The molecule has 2 nitrogen and oxygen atoms in total. The lowest BCUT2D eigenvalue weighted by Crippen LogP contribution is -2.17. The van der Waals surface area contributed by atoms with Gasteiger partial charge in [-0.05, 0) is 132 Å². The van der Waals surface area contributed by atoms with E-state index in [1.54, 1.807) is 0 Å². The third-order valence-electron chi connectivity index (χ3n) is 14.1. The van der Waals surface area contributed by atoms with Crippen molar-refractivity contribution < 1.29 is 4.42 Å². The Hall–Kier alpha value is -8.20. The van der Waals surface area contributed by atoms with Crippen molar-refractivity contribution in [2.75, 3.05) is 4.90 Å². The van der Waals surface area contributed by atoms with Gasteiger partial charge in [-0.1, -0.05) is 184 Å². The van der Waals surface area contributed by atoms with Gasteiger partial charge in [-0.3, -0.25) is 0 Å². The molecule has 0 saturated heterocycles. The van der Waals surface area contributed by atoms with Crippen LogP contribution in [0.5, 0.6) is 0 Å². The lowest BCUT2D eigenvalue weighted by atomic mass is 9.82. The zero-order valence-corrected chi connectivity index (χ0v) is 36.2. The molecule has 13 rings (SSSR count). The number of hydrogen-bond acceptors (Lipinski definition) is 2. The van der Waals surface area contributed by atoms with Gasteiger partial charge in [0.2, 0.25) is 0 Å². The molecule has 0 aliphatic heterocycles. The monoisotopic (exact) mass is 829 g/mol. The van der Waals surface area contributed by atoms with Crippen LogP contribution in [0.3, 0.4) is 0 Å². The number of hydrogen-bond donors (Lipinski definition) is 0. The first-order valence-corrected chi connectivity index (χ1v) is 22.6. The van der Waals surface area contributed by atoms with Crippen LogP contribution in [0, 0.1) is 0 Å². The lowest BCUT2D eigenvalue weighted by Gasteiger charge is -2.30. The van der Waals surface area contributed by atoms with E-state index in [2.05, 4.69) is 237 Å². The molecule has 0 atom stereocenters. The molecule has 11 aromatic carbocycles. The molecule has 1 heterocycles. The molecule has 0 spiro atoms. The van der Waals surface area contributed by atoms with Crippen LogP contribution in [0.1, 0.15) is 25.0 Å². The largest absolute Gasteiger partial charge is 0.456 e. The second-order valence-corrected chi connectivity index (χ2v) is 18.0. The van der Waals surface area contributed by atoms with Crippen LogP contribution in [0.4, 0.5) is 17.1 Å². The number of benzene rings is 11. The fraction of sp³-hybridized carbons (Fsp3) is 0.0476. The molecule has 2 heteroatoms. The number of nitrogens with zero attached hydrogens (tertiary/aromatic N) is 1. The van der Waals surface area contributed by atoms with Crippen LogP contribution < -0.4 is 4.90 Å². The van der Waals surface area contributed by atoms with Gasteiger partial charge in [0.25, 0.3) is 0 Å². The number of furan rings is 1. The molecule has 0 unspecified atom stereocenters. The van der Waals surface area contributed by atoms with Crippen LogP contribution in [0.15, 0.2) is 229 Å². The average molecular weight is 830 g/mol. The van der Waals surface area contributed by atoms with E-state index >= 15 is 0 Å². The Morgan fingerprint density at radius 2 is 0.908 bits per heavy atom. The maximum Gasteiger partial charge on any atom is 0.136 e. The Balaban J connectivity index is 1.00. The van der Waals surface area contributed by atoms with Crippen molar-refractivity contribution in [2.24, 2.45) is 0 Å². The smallest absolute Gasteiger partial charge is 0.136 e. The maximum absolute atomic E-state index is 6.43. The highest BCUT2D eigenvalue weighted by molar-refractivity contribution is 6.34. The zero-order valence-electron chi connectivity index (χ0n) is 36.2. The van der Waals surface area contributed by atoms with Gasteiger partial charge in [-0.25, -0.2) is 0 Å². The molecule has 1 aliphatic carbocycles. The summed E-state index contributed by atoms with van der Waals surface area (Å²) in [5.41, 5.74) is 17.5. The van der Waals surface area contributed by atoms with Gasteiger partial charge in [0.05, 0.1) is 5.69 Å². The van der Waals surface area contributed by atoms with E-state index in [9.17, 15) is 0 Å². The Labute approximate surface area is 378 Å². The van der Waals surface area contributed by atoms with Crippen molar-refractivity contribution in [1.82, 2.24) is 0 Å². The van der Waals surface area contributed by atoms with E-state index in [1.807, 2.05) is 6.07 Å². The summed E-state index contributed by atoms with van der Waals surface area (Å²) in [5.74, 6) is 0. The van der Waals surface area contributed by atoms with Gasteiger partial charge in [-0.15, -0.1) is 0 Å². The lowest BCUT2D eigenvalue weighted by molar-refractivity contribution is 0.660. The van der Waals surface area contributed by atoms with Gasteiger partial charge in [0, 0.05) is 38.5 Å². The normalized spacial score (nSPS) is 12.9. The average Bonchev–Trinajstić information content (AvgIpc) is 3.86. The van der Waals surface area contributed by atoms with Crippen LogP contribution in [-0.4, -0.2) is 0 Å². The predicted molar refractivity (Wildman–Crippen MR) is 275 cm³/mol. The molecule has 0 amide bonds. The molecule has 65 heavy (non-hydrogen) atoms. The minimum absolute atomic E-state index is 0.144. The van der Waals surface area contributed by atoms with E-state index in [1.165, 1.54) is 87.8 Å². The molecular weight excluding hydrogens is 787 g/mol. The molecular formula is C63H43NO. The van der Waals surface area contributed by atoms with Crippen molar-refractivity contribution >= 4 is 71.3 Å². The van der Waals surface area contributed by atoms with Crippen molar-refractivity contribution in [3.8, 4) is 44.5 Å². The SMILES string of the molecule is CC1(C)c2ccccc2-c2ccc(N(c3cccc(-c4ccc5c6ccccc6c6c(ccc7oc8ccccc8c76)c5c4)c3)c3ccccc3-c3ccc(-c4ccccc4)cc3)cc21. The molecule has 0 radical (unpaired) electrons. The Morgan fingerprint density at radius 3 is 1.77 bits per heavy atom. The highest BCUT2D eigenvalue weighted by atomic mass is 16.3. The summed E-state index contributed by atoms with van der Waals surface area (Å²) in [6.45, 7) is 4.72. The topological polar surface area (TPSA) is 16.4 Å². The fourth-order valence-corrected chi connectivity index (χ4v) is 10.9. The van der Waals surface area contributed by atoms with Crippen molar-refractivity contribution in [3.63, 3.8) is 0 Å². The summed E-state index contributed by atoms with van der Waals surface area (Å²) < 4.78 is 6.43. The van der Waals surface area contributed by atoms with Gasteiger partial charge in [0.1, 0.15) is 11.2 Å². The van der Waals surface area contributed by atoms with Crippen LogP contribution >= 0.6 is 0 Å². The summed E-state index contributed by atoms with van der Waals surface area (Å²) in [7, 11) is 0. The number of rotatable bonds is 6. The fourth-order valence-electron chi connectivity index (χ4n) is 10.9. The number of fused-ring (bicyclic) bond motifs is 13. The number of para-hydroxylation sites is 2. The van der Waals surface area contributed by atoms with Crippen molar-refractivity contribution in [1.29, 1.82) is 0 Å². The summed E-state index contributed by atoms with van der Waals surface area (Å²) in [4.78, 5) is 2.47. The molecule has 1 aromatic heterocycles. The summed E-state index contributed by atoms with van der Waals surface area (Å²) in [5, 5.41) is 9.75. The minimum atomic E-state index is -0.144. The van der Waals surface area contributed by atoms with Gasteiger partial charge in [-0.2, -0.15) is 0 Å². The molecule has 0 fully saturated rings. The molecule has 12 aromatic rings. The molecule has 0 saturated carbocycles. The predicted octanol–water partition coefficient (Wildman–Crippen LogP) is 17.8. The van der Waals surface area contributed by atoms with Crippen molar-refractivity contribution in [3.05, 3.63) is 236 Å². The standard InChI is InChI=1S/C63H43NO/c1-63(2)56-24-11-8-21-50(56)51-34-32-46(39-57(51)63)64(58-25-12-9-19-47(58)42-29-27-41(28-30-42)40-15-4-3-5-16-40)45-18-14-17-43(37-45)44-31-33-49-48-20-6-7-22-52(48)61-53(55(49)38-44)35-36-60-62(61)54-23-10-13-26-59(54)65-60/h3-39H,1-2H3. The molecule has 1 aliphatic rings. The van der Waals surface area contributed by atoms with Gasteiger partial charge >= 0.3 is 0 Å². The Morgan fingerprint density at radius 1 is 0.323 bits per heavy atom.